The second-order valence-corrected chi connectivity index (χ2v) is 7.13. The van der Waals surface area contributed by atoms with Gasteiger partial charge in [0.05, 0.1) is 32.6 Å². The molecule has 0 aromatic rings. The van der Waals surface area contributed by atoms with Crippen molar-refractivity contribution in [2.75, 3.05) is 32.6 Å². The Morgan fingerprint density at radius 3 is 1.64 bits per heavy atom. The van der Waals surface area contributed by atoms with Gasteiger partial charge in [-0.25, -0.2) is 9.59 Å². The fraction of sp³-hybridized carbons (Fsp3) is 0.800. The minimum atomic E-state index is -3.54. The molecule has 0 aliphatic carbocycles. The molecule has 0 unspecified atom stereocenters. The number of hydrogen-bond donors (Lipinski definition) is 1. The lowest BCUT2D eigenvalue weighted by Crippen LogP contribution is -2.61. The highest BCUT2D eigenvalue weighted by Crippen LogP contribution is 2.49. The third-order valence-electron chi connectivity index (χ3n) is 3.05. The van der Waals surface area contributed by atoms with Crippen molar-refractivity contribution in [1.29, 1.82) is 0 Å². The van der Waals surface area contributed by atoms with Crippen LogP contribution < -0.4 is 5.32 Å². The maximum atomic E-state index is 12.6. The molecular weight excluding hydrogens is 353 g/mol. The minimum Gasteiger partial charge on any atom is -0.464 e. The van der Waals surface area contributed by atoms with Gasteiger partial charge in [0.2, 0.25) is 11.4 Å². The predicted octanol–water partition coefficient (Wildman–Crippen LogP) is 1.64. The minimum absolute atomic E-state index is 0.00580. The van der Waals surface area contributed by atoms with Crippen LogP contribution >= 0.6 is 7.60 Å². The number of carbonyl (C=O) groups is 3. The molecule has 0 aromatic carbocycles. The summed E-state index contributed by atoms with van der Waals surface area (Å²) >= 11 is 0. The first-order valence-electron chi connectivity index (χ1n) is 8.22. The summed E-state index contributed by atoms with van der Waals surface area (Å²) in [6.45, 7) is 7.80. The second kappa shape index (κ2) is 11.2. The van der Waals surface area contributed by atoms with E-state index in [1.807, 2.05) is 0 Å². The lowest BCUT2D eigenvalue weighted by Gasteiger charge is -2.30. The van der Waals surface area contributed by atoms with Crippen molar-refractivity contribution in [3.05, 3.63) is 0 Å². The van der Waals surface area contributed by atoms with Crippen LogP contribution in [0.1, 0.15) is 41.0 Å². The van der Waals surface area contributed by atoms with E-state index in [-0.39, 0.29) is 39.0 Å². The Bertz CT molecular complexity index is 480. The number of esters is 2. The third kappa shape index (κ3) is 7.13. The molecule has 25 heavy (non-hydrogen) atoms. The molecule has 0 saturated heterocycles. The monoisotopic (exact) mass is 381 g/mol. The van der Waals surface area contributed by atoms with E-state index in [2.05, 4.69) is 5.32 Å². The fourth-order valence-corrected chi connectivity index (χ4v) is 3.85. The van der Waals surface area contributed by atoms with Gasteiger partial charge in [0.25, 0.3) is 0 Å². The molecule has 0 atom stereocenters. The molecule has 0 spiro atoms. The van der Waals surface area contributed by atoms with Crippen molar-refractivity contribution in [2.45, 2.75) is 46.6 Å². The first kappa shape index (κ1) is 23.6. The van der Waals surface area contributed by atoms with E-state index in [9.17, 15) is 18.9 Å². The molecule has 10 heteroatoms. The molecule has 1 N–H and O–H groups in total. The summed E-state index contributed by atoms with van der Waals surface area (Å²) in [6, 6.07) is 0. The average molecular weight is 381 g/mol. The Kier molecular flexibility index (Phi) is 10.6. The molecule has 0 radical (unpaired) electrons. The number of nitrogens with one attached hydrogen (secondary N) is 1. The van der Waals surface area contributed by atoms with Crippen molar-refractivity contribution < 1.29 is 37.5 Å². The normalized spacial score (nSPS) is 11.7. The van der Waals surface area contributed by atoms with Gasteiger partial charge in [-0.2, -0.15) is 0 Å². The van der Waals surface area contributed by atoms with E-state index in [4.69, 9.17) is 18.5 Å². The molecule has 0 rings (SSSR count). The Labute approximate surface area is 148 Å². The van der Waals surface area contributed by atoms with E-state index >= 15 is 0 Å². The molecule has 0 aliphatic rings. The Morgan fingerprint density at radius 1 is 0.880 bits per heavy atom. The van der Waals surface area contributed by atoms with Crippen molar-refractivity contribution in [1.82, 2.24) is 5.32 Å². The summed E-state index contributed by atoms with van der Waals surface area (Å²) in [5.74, 6) is -2.60. The zero-order chi connectivity index (χ0) is 19.5. The zero-order valence-electron chi connectivity index (χ0n) is 15.5. The van der Waals surface area contributed by atoms with Crippen LogP contribution in [0.5, 0.6) is 0 Å². The summed E-state index contributed by atoms with van der Waals surface area (Å²) in [6.07, 6.45) is -0.617. The Hall–Kier alpha value is -1.44. The molecule has 0 fully saturated rings. The number of carbonyl (C=O) groups excluding carboxylic acids is 3. The van der Waals surface area contributed by atoms with E-state index in [0.717, 1.165) is 6.92 Å². The second-order valence-electron chi connectivity index (χ2n) is 4.95. The first-order valence-corrected chi connectivity index (χ1v) is 9.95. The zero-order valence-corrected chi connectivity index (χ0v) is 16.4. The van der Waals surface area contributed by atoms with Crippen molar-refractivity contribution >= 4 is 25.4 Å². The highest BCUT2D eigenvalue weighted by molar-refractivity contribution is 7.53. The molecule has 1 amide bonds. The van der Waals surface area contributed by atoms with Gasteiger partial charge in [0.1, 0.15) is 0 Å². The molecule has 0 bridgehead atoms. The summed E-state index contributed by atoms with van der Waals surface area (Å²) in [4.78, 5) is 36.5. The van der Waals surface area contributed by atoms with E-state index in [0.29, 0.717) is 0 Å². The van der Waals surface area contributed by atoms with Gasteiger partial charge in [0, 0.05) is 13.3 Å². The number of amides is 1. The van der Waals surface area contributed by atoms with Crippen LogP contribution in [0.15, 0.2) is 0 Å². The molecular formula is C15H28NO8P. The molecule has 0 aliphatic heterocycles. The molecule has 146 valence electrons. The number of rotatable bonds is 12. The molecule has 0 heterocycles. The Morgan fingerprint density at radius 2 is 1.32 bits per heavy atom. The van der Waals surface area contributed by atoms with Gasteiger partial charge in [-0.15, -0.1) is 0 Å². The van der Waals surface area contributed by atoms with Gasteiger partial charge < -0.3 is 23.8 Å². The third-order valence-corrected chi connectivity index (χ3v) is 5.12. The quantitative estimate of drug-likeness (QED) is 0.308. The van der Waals surface area contributed by atoms with Crippen molar-refractivity contribution in [2.24, 2.45) is 0 Å². The maximum Gasteiger partial charge on any atom is 0.343 e. The SMILES string of the molecule is CCOC(=O)C(CCP(=O)(OCC)OCC)(NC(C)=O)C(=O)OCC. The van der Waals surface area contributed by atoms with Gasteiger partial charge in [-0.1, -0.05) is 0 Å². The molecule has 0 saturated carbocycles. The smallest absolute Gasteiger partial charge is 0.343 e. The van der Waals surface area contributed by atoms with Crippen LogP contribution in [0.4, 0.5) is 0 Å². The van der Waals surface area contributed by atoms with Crippen molar-refractivity contribution in [3.8, 4) is 0 Å². The van der Waals surface area contributed by atoms with E-state index in [1.54, 1.807) is 27.7 Å². The number of ether oxygens (including phenoxy) is 2. The molecule has 9 nitrogen and oxygen atoms in total. The maximum absolute atomic E-state index is 12.6. The van der Waals surface area contributed by atoms with Crippen LogP contribution in [0, 0.1) is 0 Å². The summed E-state index contributed by atoms with van der Waals surface area (Å²) in [7, 11) is -3.54. The lowest BCUT2D eigenvalue weighted by atomic mass is 9.96. The fourth-order valence-electron chi connectivity index (χ4n) is 2.13. The highest BCUT2D eigenvalue weighted by atomic mass is 31.2. The van der Waals surface area contributed by atoms with Gasteiger partial charge >= 0.3 is 19.5 Å². The lowest BCUT2D eigenvalue weighted by molar-refractivity contribution is -0.168. The van der Waals surface area contributed by atoms with Crippen LogP contribution in [0.3, 0.4) is 0 Å². The largest absolute Gasteiger partial charge is 0.464 e. The van der Waals surface area contributed by atoms with Crippen LogP contribution in [0.25, 0.3) is 0 Å². The van der Waals surface area contributed by atoms with E-state index in [1.165, 1.54) is 0 Å². The summed E-state index contributed by atoms with van der Waals surface area (Å²) in [5.41, 5.74) is -2.11. The highest BCUT2D eigenvalue weighted by Gasteiger charge is 2.51. The summed E-state index contributed by atoms with van der Waals surface area (Å²) < 4.78 is 32.8. The predicted molar refractivity (Wildman–Crippen MR) is 90.2 cm³/mol. The topological polar surface area (TPSA) is 117 Å². The Balaban J connectivity index is 5.74. The molecule has 0 aromatic heterocycles. The standard InChI is InChI=1S/C15H28NO8P/c1-6-21-13(18)15(16-12(5)17,14(19)22-7-2)10-11-25(20,23-8-3)24-9-4/h6-11H2,1-5H3,(H,16,17). The van der Waals surface area contributed by atoms with Gasteiger partial charge in [-0.05, 0) is 27.7 Å². The van der Waals surface area contributed by atoms with Crippen LogP contribution in [-0.4, -0.2) is 56.0 Å². The van der Waals surface area contributed by atoms with Gasteiger partial charge in [0.15, 0.2) is 0 Å². The van der Waals surface area contributed by atoms with Crippen LogP contribution in [-0.2, 0) is 37.5 Å². The number of hydrogen-bond acceptors (Lipinski definition) is 8. The van der Waals surface area contributed by atoms with E-state index < -0.39 is 31.0 Å². The average Bonchev–Trinajstić information content (AvgIpc) is 2.52. The first-order chi connectivity index (χ1) is 11.7. The summed E-state index contributed by atoms with van der Waals surface area (Å²) in [5, 5.41) is 2.30. The van der Waals surface area contributed by atoms with Gasteiger partial charge in [-0.3, -0.25) is 9.36 Å². The van der Waals surface area contributed by atoms with Crippen LogP contribution in [0.2, 0.25) is 0 Å². The van der Waals surface area contributed by atoms with Crippen molar-refractivity contribution in [3.63, 3.8) is 0 Å².